The van der Waals surface area contributed by atoms with E-state index in [1.165, 1.54) is 5.56 Å². The highest BCUT2D eigenvalue weighted by atomic mass is 15.2. The first-order chi connectivity index (χ1) is 4.83. The summed E-state index contributed by atoms with van der Waals surface area (Å²) in [6, 6.07) is 2.01. The lowest BCUT2D eigenvalue weighted by molar-refractivity contribution is -0.754. The highest BCUT2D eigenvalue weighted by Crippen LogP contribution is 1.86. The molecular weight excluding hydrogens is 124 g/mol. The van der Waals surface area contributed by atoms with Gasteiger partial charge in [-0.15, -0.1) is 0 Å². The molecule has 0 N–H and O–H groups in total. The van der Waals surface area contributed by atoms with Gasteiger partial charge in [-0.3, -0.25) is 0 Å². The lowest BCUT2D eigenvalue weighted by atomic mass is 10.3. The van der Waals surface area contributed by atoms with Crippen molar-refractivity contribution in [3.8, 4) is 0 Å². The summed E-state index contributed by atoms with van der Waals surface area (Å²) in [5.74, 6) is 0. The number of hydrogen-bond donors (Lipinski definition) is 0. The van der Waals surface area contributed by atoms with Crippen molar-refractivity contribution in [2.75, 3.05) is 0 Å². The molecule has 0 aliphatic rings. The van der Waals surface area contributed by atoms with Crippen LogP contribution in [-0.2, 0) is 6.54 Å². The Labute approximate surface area is 61.5 Å². The predicted octanol–water partition coefficient (Wildman–Crippen LogP) is 1.09. The predicted molar refractivity (Wildman–Crippen MR) is 39.5 cm³/mol. The Hall–Kier alpha value is -0.920. The molecule has 54 valence electrons. The Morgan fingerprint density at radius 2 is 2.40 bits per heavy atom. The summed E-state index contributed by atoms with van der Waals surface area (Å²) in [6.07, 6.45) is 5.04. The van der Waals surface area contributed by atoms with Crippen molar-refractivity contribution < 1.29 is 4.68 Å². The summed E-state index contributed by atoms with van der Waals surface area (Å²) in [4.78, 5) is 0. The van der Waals surface area contributed by atoms with E-state index in [4.69, 9.17) is 0 Å². The first-order valence-corrected chi connectivity index (χ1v) is 3.65. The van der Waals surface area contributed by atoms with E-state index >= 15 is 0 Å². The summed E-state index contributed by atoms with van der Waals surface area (Å²) in [5.41, 5.74) is 1.27. The van der Waals surface area contributed by atoms with Gasteiger partial charge in [-0.05, 0) is 18.1 Å². The SMILES string of the molecule is CCC[n+]1cc(C)ccn1. The Bertz CT molecular complexity index is 208. The second kappa shape index (κ2) is 3.30. The molecule has 1 aromatic rings. The van der Waals surface area contributed by atoms with E-state index in [2.05, 4.69) is 25.1 Å². The highest BCUT2D eigenvalue weighted by molar-refractivity contribution is 4.98. The second-order valence-corrected chi connectivity index (χ2v) is 2.47. The quantitative estimate of drug-likeness (QED) is 0.557. The van der Waals surface area contributed by atoms with Crippen molar-refractivity contribution >= 4 is 0 Å². The van der Waals surface area contributed by atoms with Gasteiger partial charge in [0.2, 0.25) is 0 Å². The van der Waals surface area contributed by atoms with Crippen LogP contribution < -0.4 is 4.68 Å². The van der Waals surface area contributed by atoms with E-state index < -0.39 is 0 Å². The zero-order valence-electron chi connectivity index (χ0n) is 6.54. The van der Waals surface area contributed by atoms with Crippen molar-refractivity contribution in [1.82, 2.24) is 5.10 Å². The summed E-state index contributed by atoms with van der Waals surface area (Å²) in [7, 11) is 0. The third-order valence-electron chi connectivity index (χ3n) is 1.36. The van der Waals surface area contributed by atoms with Crippen LogP contribution in [0.25, 0.3) is 0 Å². The van der Waals surface area contributed by atoms with E-state index in [1.54, 1.807) is 0 Å². The van der Waals surface area contributed by atoms with Gasteiger partial charge in [0, 0.05) is 12.0 Å². The molecule has 0 amide bonds. The van der Waals surface area contributed by atoms with Gasteiger partial charge in [0.25, 0.3) is 0 Å². The van der Waals surface area contributed by atoms with Gasteiger partial charge < -0.3 is 0 Å². The van der Waals surface area contributed by atoms with Crippen molar-refractivity contribution in [2.45, 2.75) is 26.8 Å². The summed E-state index contributed by atoms with van der Waals surface area (Å²) >= 11 is 0. The Balaban J connectivity index is 2.75. The Morgan fingerprint density at radius 3 is 3.00 bits per heavy atom. The van der Waals surface area contributed by atoms with Crippen molar-refractivity contribution in [3.63, 3.8) is 0 Å². The fraction of sp³-hybridized carbons (Fsp3) is 0.500. The lowest BCUT2D eigenvalue weighted by Crippen LogP contribution is -2.37. The number of nitrogens with zero attached hydrogens (tertiary/aromatic N) is 2. The van der Waals surface area contributed by atoms with Crippen molar-refractivity contribution in [3.05, 3.63) is 24.0 Å². The molecule has 0 spiro atoms. The maximum atomic E-state index is 4.15. The van der Waals surface area contributed by atoms with E-state index in [0.29, 0.717) is 0 Å². The Morgan fingerprint density at radius 1 is 1.60 bits per heavy atom. The van der Waals surface area contributed by atoms with Crippen molar-refractivity contribution in [1.29, 1.82) is 0 Å². The van der Waals surface area contributed by atoms with Gasteiger partial charge in [0.1, 0.15) is 0 Å². The van der Waals surface area contributed by atoms with Crippen LogP contribution in [0.3, 0.4) is 0 Å². The zero-order chi connectivity index (χ0) is 7.40. The van der Waals surface area contributed by atoms with Crippen LogP contribution in [0, 0.1) is 6.92 Å². The third kappa shape index (κ3) is 1.79. The number of aromatic nitrogens is 2. The van der Waals surface area contributed by atoms with Crippen LogP contribution in [0.1, 0.15) is 18.9 Å². The summed E-state index contributed by atoms with van der Waals surface area (Å²) in [5, 5.41) is 4.15. The molecule has 2 heteroatoms. The van der Waals surface area contributed by atoms with Crippen LogP contribution >= 0.6 is 0 Å². The topological polar surface area (TPSA) is 16.8 Å². The molecule has 0 aromatic carbocycles. The minimum Gasteiger partial charge on any atom is -0.0910 e. The van der Waals surface area contributed by atoms with Gasteiger partial charge >= 0.3 is 0 Å². The minimum atomic E-state index is 1.02. The van der Waals surface area contributed by atoms with Crippen LogP contribution in [0.4, 0.5) is 0 Å². The van der Waals surface area contributed by atoms with Crippen LogP contribution in [0.2, 0.25) is 0 Å². The molecule has 0 saturated carbocycles. The molecule has 0 atom stereocenters. The number of hydrogen-bond acceptors (Lipinski definition) is 1. The first-order valence-electron chi connectivity index (χ1n) is 3.65. The van der Waals surface area contributed by atoms with Gasteiger partial charge in [0.15, 0.2) is 12.7 Å². The fourth-order valence-corrected chi connectivity index (χ4v) is 0.899. The van der Waals surface area contributed by atoms with Gasteiger partial charge in [-0.1, -0.05) is 11.6 Å². The molecule has 1 heterocycles. The van der Waals surface area contributed by atoms with E-state index in [1.807, 2.05) is 16.9 Å². The second-order valence-electron chi connectivity index (χ2n) is 2.47. The molecule has 0 fully saturated rings. The first kappa shape index (κ1) is 7.19. The third-order valence-corrected chi connectivity index (χ3v) is 1.36. The van der Waals surface area contributed by atoms with Gasteiger partial charge in [0.05, 0.1) is 6.20 Å². The van der Waals surface area contributed by atoms with Gasteiger partial charge in [-0.25, -0.2) is 0 Å². The normalized spacial score (nSPS) is 9.80. The standard InChI is InChI=1S/C8H13N2/c1-3-6-10-7-8(2)4-5-9-10/h4-5,7H,3,6H2,1-2H3/q+1. The fourth-order valence-electron chi connectivity index (χ4n) is 0.899. The Kier molecular flexibility index (Phi) is 2.37. The summed E-state index contributed by atoms with van der Waals surface area (Å²) in [6.45, 7) is 5.24. The van der Waals surface area contributed by atoms with Crippen LogP contribution in [0.15, 0.2) is 18.5 Å². The summed E-state index contributed by atoms with van der Waals surface area (Å²) < 4.78 is 1.97. The molecule has 0 saturated heterocycles. The number of aryl methyl sites for hydroxylation is 2. The molecule has 0 radical (unpaired) electrons. The maximum absolute atomic E-state index is 4.15. The largest absolute Gasteiger partial charge is 0.199 e. The van der Waals surface area contributed by atoms with E-state index in [-0.39, 0.29) is 0 Å². The molecule has 2 nitrogen and oxygen atoms in total. The average molecular weight is 137 g/mol. The maximum Gasteiger partial charge on any atom is 0.199 e. The molecule has 0 bridgehead atoms. The minimum absolute atomic E-state index is 1.02. The van der Waals surface area contributed by atoms with Crippen LogP contribution in [-0.4, -0.2) is 5.10 Å². The molecule has 1 aromatic heterocycles. The molecule has 0 unspecified atom stereocenters. The molecule has 0 aliphatic heterocycles. The highest BCUT2D eigenvalue weighted by Gasteiger charge is 1.97. The molecule has 10 heavy (non-hydrogen) atoms. The van der Waals surface area contributed by atoms with E-state index in [9.17, 15) is 0 Å². The average Bonchev–Trinajstić information content (AvgIpc) is 1.88. The molecule has 0 aliphatic carbocycles. The lowest BCUT2D eigenvalue weighted by Gasteiger charge is -1.90. The van der Waals surface area contributed by atoms with Crippen LogP contribution in [0.5, 0.6) is 0 Å². The zero-order valence-corrected chi connectivity index (χ0v) is 6.54. The van der Waals surface area contributed by atoms with Crippen molar-refractivity contribution in [2.24, 2.45) is 0 Å². The van der Waals surface area contributed by atoms with Gasteiger partial charge in [-0.2, -0.15) is 0 Å². The van der Waals surface area contributed by atoms with E-state index in [0.717, 1.165) is 13.0 Å². The smallest absolute Gasteiger partial charge is 0.0910 e. The molecule has 1 rings (SSSR count). The monoisotopic (exact) mass is 137 g/mol. The number of rotatable bonds is 2. The molecular formula is C8H13N2+.